The second-order valence-corrected chi connectivity index (χ2v) is 6.25. The van der Waals surface area contributed by atoms with Gasteiger partial charge in [0, 0.05) is 42.7 Å². The molecule has 7 nitrogen and oxygen atoms in total. The number of rotatable bonds is 4. The third-order valence-electron chi connectivity index (χ3n) is 4.48. The van der Waals surface area contributed by atoms with Crippen LogP contribution in [0.25, 0.3) is 0 Å². The highest BCUT2D eigenvalue weighted by molar-refractivity contribution is 6.05. The molecule has 0 saturated carbocycles. The molecule has 0 bridgehead atoms. The summed E-state index contributed by atoms with van der Waals surface area (Å²) in [5, 5.41) is 2.77. The molecular formula is C19H20N4O3. The van der Waals surface area contributed by atoms with Crippen LogP contribution in [0.15, 0.2) is 48.8 Å². The van der Waals surface area contributed by atoms with Crippen LogP contribution in [0.5, 0.6) is 0 Å². The summed E-state index contributed by atoms with van der Waals surface area (Å²) >= 11 is 0. The lowest BCUT2D eigenvalue weighted by Gasteiger charge is -2.30. The van der Waals surface area contributed by atoms with E-state index in [9.17, 15) is 14.4 Å². The number of nitrogens with one attached hydrogen (secondary N) is 1. The van der Waals surface area contributed by atoms with Crippen LogP contribution >= 0.6 is 0 Å². The summed E-state index contributed by atoms with van der Waals surface area (Å²) < 4.78 is 0. The lowest BCUT2D eigenvalue weighted by Crippen LogP contribution is -2.41. The number of aromatic nitrogens is 1. The molecular weight excluding hydrogens is 332 g/mol. The van der Waals surface area contributed by atoms with Gasteiger partial charge >= 0.3 is 0 Å². The van der Waals surface area contributed by atoms with Crippen LogP contribution in [0.3, 0.4) is 0 Å². The summed E-state index contributed by atoms with van der Waals surface area (Å²) in [6, 6.07) is 10.2. The van der Waals surface area contributed by atoms with Crippen molar-refractivity contribution in [2.24, 2.45) is 11.7 Å². The van der Waals surface area contributed by atoms with Crippen LogP contribution in [0.1, 0.15) is 33.6 Å². The number of carbonyl (C=O) groups excluding carboxylic acids is 3. The molecule has 1 aromatic heterocycles. The van der Waals surface area contributed by atoms with E-state index >= 15 is 0 Å². The maximum atomic E-state index is 12.7. The van der Waals surface area contributed by atoms with Crippen molar-refractivity contribution in [1.82, 2.24) is 9.88 Å². The first-order chi connectivity index (χ1) is 12.5. The fourth-order valence-electron chi connectivity index (χ4n) is 2.98. The second-order valence-electron chi connectivity index (χ2n) is 6.25. The number of amides is 3. The first-order valence-corrected chi connectivity index (χ1v) is 8.44. The van der Waals surface area contributed by atoms with Gasteiger partial charge in [-0.2, -0.15) is 0 Å². The van der Waals surface area contributed by atoms with Gasteiger partial charge in [0.1, 0.15) is 0 Å². The molecule has 0 aliphatic carbocycles. The van der Waals surface area contributed by atoms with Gasteiger partial charge in [0.15, 0.2) is 0 Å². The Morgan fingerprint density at radius 2 is 1.81 bits per heavy atom. The lowest BCUT2D eigenvalue weighted by molar-refractivity contribution is -0.123. The van der Waals surface area contributed by atoms with E-state index in [0.717, 1.165) is 0 Å². The number of anilines is 1. The Labute approximate surface area is 151 Å². The van der Waals surface area contributed by atoms with Crippen molar-refractivity contribution >= 4 is 23.4 Å². The standard InChI is InChI=1S/C19H20N4O3/c20-17(24)13-6-9-23(10-7-13)19(26)14-3-1-5-16(11-14)22-18(25)15-4-2-8-21-12-15/h1-5,8,11-13H,6-7,9-10H2,(H2,20,24)(H,22,25). The van der Waals surface area contributed by atoms with Crippen molar-refractivity contribution < 1.29 is 14.4 Å². The topological polar surface area (TPSA) is 105 Å². The van der Waals surface area contributed by atoms with E-state index in [0.29, 0.717) is 42.7 Å². The van der Waals surface area contributed by atoms with Crippen LogP contribution in [0.4, 0.5) is 5.69 Å². The molecule has 26 heavy (non-hydrogen) atoms. The van der Waals surface area contributed by atoms with Crippen molar-refractivity contribution in [2.45, 2.75) is 12.8 Å². The molecule has 134 valence electrons. The zero-order valence-electron chi connectivity index (χ0n) is 14.2. The quantitative estimate of drug-likeness (QED) is 0.873. The van der Waals surface area contributed by atoms with Crippen LogP contribution in [0, 0.1) is 5.92 Å². The zero-order valence-corrected chi connectivity index (χ0v) is 14.2. The van der Waals surface area contributed by atoms with E-state index < -0.39 is 0 Å². The number of primary amides is 1. The molecule has 2 aromatic rings. The molecule has 0 atom stereocenters. The molecule has 1 aliphatic heterocycles. The van der Waals surface area contributed by atoms with E-state index in [4.69, 9.17) is 5.73 Å². The predicted octanol–water partition coefficient (Wildman–Crippen LogP) is 1.67. The number of hydrogen-bond acceptors (Lipinski definition) is 4. The minimum Gasteiger partial charge on any atom is -0.369 e. The molecule has 3 amide bonds. The Morgan fingerprint density at radius 3 is 2.46 bits per heavy atom. The number of pyridine rings is 1. The molecule has 1 saturated heterocycles. The normalized spacial score (nSPS) is 14.7. The van der Waals surface area contributed by atoms with E-state index in [1.807, 2.05) is 0 Å². The summed E-state index contributed by atoms with van der Waals surface area (Å²) in [6.45, 7) is 0.997. The maximum absolute atomic E-state index is 12.7. The molecule has 1 aliphatic rings. The molecule has 0 radical (unpaired) electrons. The summed E-state index contributed by atoms with van der Waals surface area (Å²) in [7, 11) is 0. The van der Waals surface area contributed by atoms with E-state index in [2.05, 4.69) is 10.3 Å². The average Bonchev–Trinajstić information content (AvgIpc) is 2.68. The number of nitrogens with zero attached hydrogens (tertiary/aromatic N) is 2. The number of nitrogens with two attached hydrogens (primary N) is 1. The lowest BCUT2D eigenvalue weighted by atomic mass is 9.96. The molecule has 0 unspecified atom stereocenters. The first kappa shape index (κ1) is 17.6. The second kappa shape index (κ2) is 7.77. The first-order valence-electron chi connectivity index (χ1n) is 8.44. The van der Waals surface area contributed by atoms with Crippen LogP contribution in [-0.2, 0) is 4.79 Å². The van der Waals surface area contributed by atoms with Crippen molar-refractivity contribution in [3.8, 4) is 0 Å². The third-order valence-corrected chi connectivity index (χ3v) is 4.48. The Bertz CT molecular complexity index is 815. The predicted molar refractivity (Wildman–Crippen MR) is 96.5 cm³/mol. The van der Waals surface area contributed by atoms with Gasteiger partial charge in [0.2, 0.25) is 5.91 Å². The number of hydrogen-bond donors (Lipinski definition) is 2. The van der Waals surface area contributed by atoms with Crippen molar-refractivity contribution in [3.05, 3.63) is 59.9 Å². The van der Waals surface area contributed by atoms with Crippen LogP contribution in [0.2, 0.25) is 0 Å². The number of likely N-dealkylation sites (tertiary alicyclic amines) is 1. The van der Waals surface area contributed by atoms with Gasteiger partial charge in [-0.05, 0) is 43.2 Å². The van der Waals surface area contributed by atoms with Gasteiger partial charge in [0.05, 0.1) is 5.56 Å². The van der Waals surface area contributed by atoms with Gasteiger partial charge in [-0.1, -0.05) is 6.07 Å². The summed E-state index contributed by atoms with van der Waals surface area (Å²) in [6.07, 6.45) is 4.24. The zero-order chi connectivity index (χ0) is 18.5. The molecule has 3 rings (SSSR count). The van der Waals surface area contributed by atoms with E-state index in [-0.39, 0.29) is 23.6 Å². The summed E-state index contributed by atoms with van der Waals surface area (Å²) in [5.74, 6) is -0.878. The fourth-order valence-corrected chi connectivity index (χ4v) is 2.98. The highest BCUT2D eigenvalue weighted by Crippen LogP contribution is 2.20. The third kappa shape index (κ3) is 4.05. The summed E-state index contributed by atoms with van der Waals surface area (Å²) in [4.78, 5) is 41.7. The smallest absolute Gasteiger partial charge is 0.257 e. The minimum absolute atomic E-state index is 0.120. The Morgan fingerprint density at radius 1 is 1.08 bits per heavy atom. The monoisotopic (exact) mass is 352 g/mol. The van der Waals surface area contributed by atoms with Gasteiger partial charge in [-0.3, -0.25) is 19.4 Å². The van der Waals surface area contributed by atoms with Gasteiger partial charge < -0.3 is 16.0 Å². The Hall–Kier alpha value is -3.22. The van der Waals surface area contributed by atoms with Gasteiger partial charge in [-0.15, -0.1) is 0 Å². The maximum Gasteiger partial charge on any atom is 0.257 e. The number of piperidine rings is 1. The molecule has 7 heteroatoms. The number of carbonyl (C=O) groups is 3. The molecule has 0 spiro atoms. The number of benzene rings is 1. The summed E-state index contributed by atoms with van der Waals surface area (Å²) in [5.41, 5.74) is 6.80. The molecule has 1 aromatic carbocycles. The SMILES string of the molecule is NC(=O)C1CCN(C(=O)c2cccc(NC(=O)c3cccnc3)c2)CC1. The van der Waals surface area contributed by atoms with E-state index in [1.54, 1.807) is 47.5 Å². The van der Waals surface area contributed by atoms with Crippen LogP contribution < -0.4 is 11.1 Å². The highest BCUT2D eigenvalue weighted by atomic mass is 16.2. The van der Waals surface area contributed by atoms with Gasteiger partial charge in [-0.25, -0.2) is 0 Å². The van der Waals surface area contributed by atoms with Crippen LogP contribution in [-0.4, -0.2) is 40.7 Å². The average molecular weight is 352 g/mol. The van der Waals surface area contributed by atoms with Crippen molar-refractivity contribution in [1.29, 1.82) is 0 Å². The Kier molecular flexibility index (Phi) is 5.26. The van der Waals surface area contributed by atoms with Crippen molar-refractivity contribution in [2.75, 3.05) is 18.4 Å². The molecule has 3 N–H and O–H groups in total. The highest BCUT2D eigenvalue weighted by Gasteiger charge is 2.26. The minimum atomic E-state index is -0.308. The van der Waals surface area contributed by atoms with E-state index in [1.165, 1.54) is 6.20 Å². The molecule has 2 heterocycles. The fraction of sp³-hybridized carbons (Fsp3) is 0.263. The largest absolute Gasteiger partial charge is 0.369 e. The van der Waals surface area contributed by atoms with Gasteiger partial charge in [0.25, 0.3) is 11.8 Å². The molecule has 1 fully saturated rings. The van der Waals surface area contributed by atoms with Crippen molar-refractivity contribution in [3.63, 3.8) is 0 Å². The Balaban J connectivity index is 1.66.